The van der Waals surface area contributed by atoms with E-state index in [1.807, 2.05) is 0 Å². The Kier molecular flexibility index (Phi) is 3.46. The monoisotopic (exact) mass is 222 g/mol. The quantitative estimate of drug-likeness (QED) is 0.799. The normalized spacial score (nSPS) is 10.6. The van der Waals surface area contributed by atoms with Crippen molar-refractivity contribution >= 4 is 17.4 Å². The van der Waals surface area contributed by atoms with E-state index in [4.69, 9.17) is 22.1 Å². The summed E-state index contributed by atoms with van der Waals surface area (Å²) >= 11 is 5.55. The van der Waals surface area contributed by atoms with Crippen LogP contribution in [0.4, 0.5) is 14.6 Å². The van der Waals surface area contributed by atoms with Gasteiger partial charge < -0.3 is 10.5 Å². The average Bonchev–Trinajstić information content (AvgIpc) is 2.16. The number of nitrogens with zero attached hydrogens (tertiary/aromatic N) is 1. The van der Waals surface area contributed by atoms with Crippen molar-refractivity contribution in [1.29, 1.82) is 0 Å². The molecule has 0 aliphatic carbocycles. The minimum atomic E-state index is -2.65. The Bertz CT molecular complexity index is 333. The van der Waals surface area contributed by atoms with E-state index in [9.17, 15) is 8.78 Å². The van der Waals surface area contributed by atoms with Gasteiger partial charge in [-0.15, -0.1) is 11.6 Å². The Hall–Kier alpha value is -1.10. The third-order valence-electron chi connectivity index (χ3n) is 1.76. The van der Waals surface area contributed by atoms with E-state index >= 15 is 0 Å². The van der Waals surface area contributed by atoms with Gasteiger partial charge >= 0.3 is 0 Å². The highest BCUT2D eigenvalue weighted by atomic mass is 35.5. The molecule has 0 aliphatic heterocycles. The summed E-state index contributed by atoms with van der Waals surface area (Å²) in [5.74, 6) is 0.117. The third kappa shape index (κ3) is 1.87. The van der Waals surface area contributed by atoms with Gasteiger partial charge in [-0.2, -0.15) is 0 Å². The van der Waals surface area contributed by atoms with Gasteiger partial charge in [-0.25, -0.2) is 13.8 Å². The fourth-order valence-electron chi connectivity index (χ4n) is 1.09. The highest BCUT2D eigenvalue weighted by Crippen LogP contribution is 2.34. The van der Waals surface area contributed by atoms with Crippen LogP contribution in [-0.4, -0.2) is 12.1 Å². The first kappa shape index (κ1) is 11.0. The van der Waals surface area contributed by atoms with E-state index in [1.54, 1.807) is 0 Å². The number of halogens is 3. The van der Waals surface area contributed by atoms with Gasteiger partial charge in [0.2, 0.25) is 0 Å². The highest BCUT2D eigenvalue weighted by Gasteiger charge is 2.19. The number of pyridine rings is 1. The number of alkyl halides is 3. The fraction of sp³-hybridized carbons (Fsp3) is 0.375. The summed E-state index contributed by atoms with van der Waals surface area (Å²) in [6.07, 6.45) is -1.66. The summed E-state index contributed by atoms with van der Waals surface area (Å²) in [6.45, 7) is 0. The Morgan fingerprint density at radius 2 is 2.29 bits per heavy atom. The molecule has 0 unspecified atom stereocenters. The lowest BCUT2D eigenvalue weighted by molar-refractivity contribution is 0.146. The second-order valence-electron chi connectivity index (χ2n) is 2.54. The van der Waals surface area contributed by atoms with Crippen LogP contribution in [0.1, 0.15) is 17.6 Å². The first-order valence-electron chi connectivity index (χ1n) is 3.77. The Morgan fingerprint density at radius 1 is 1.64 bits per heavy atom. The van der Waals surface area contributed by atoms with Crippen LogP contribution < -0.4 is 10.5 Å². The maximum Gasteiger partial charge on any atom is 0.268 e. The van der Waals surface area contributed by atoms with Gasteiger partial charge in [0.05, 0.1) is 24.1 Å². The van der Waals surface area contributed by atoms with Gasteiger partial charge in [-0.05, 0) is 0 Å². The van der Waals surface area contributed by atoms with Gasteiger partial charge in [-0.1, -0.05) is 0 Å². The molecular weight excluding hydrogens is 214 g/mol. The molecule has 0 amide bonds. The van der Waals surface area contributed by atoms with Crippen molar-refractivity contribution < 1.29 is 13.5 Å². The number of hydrogen-bond donors (Lipinski definition) is 1. The molecule has 0 bridgehead atoms. The lowest BCUT2D eigenvalue weighted by Gasteiger charge is -2.12. The van der Waals surface area contributed by atoms with Crippen molar-refractivity contribution in [3.05, 3.63) is 17.3 Å². The molecule has 6 heteroatoms. The summed E-state index contributed by atoms with van der Waals surface area (Å²) in [6, 6.07) is 0. The van der Waals surface area contributed by atoms with E-state index in [-0.39, 0.29) is 23.0 Å². The zero-order valence-electron chi connectivity index (χ0n) is 7.43. The molecule has 0 saturated carbocycles. The summed E-state index contributed by atoms with van der Waals surface area (Å²) in [4.78, 5) is 3.61. The first-order chi connectivity index (χ1) is 6.61. The molecule has 1 aromatic heterocycles. The molecule has 0 aromatic carbocycles. The minimum Gasteiger partial charge on any atom is -0.496 e. The van der Waals surface area contributed by atoms with Crippen LogP contribution in [-0.2, 0) is 5.88 Å². The van der Waals surface area contributed by atoms with Crippen LogP contribution in [0.15, 0.2) is 6.20 Å². The van der Waals surface area contributed by atoms with E-state index < -0.39 is 6.43 Å². The lowest BCUT2D eigenvalue weighted by Crippen LogP contribution is -2.03. The molecule has 0 spiro atoms. The standard InChI is InChI=1S/C8H9ClF2N2O/c1-14-6-4(2-9)8(12)13-3-5(6)7(10)11/h3,7H,2H2,1H3,(H2,12,13). The summed E-state index contributed by atoms with van der Waals surface area (Å²) in [5.41, 5.74) is 5.46. The van der Waals surface area contributed by atoms with Gasteiger partial charge in [0.25, 0.3) is 6.43 Å². The van der Waals surface area contributed by atoms with Crippen LogP contribution in [0.5, 0.6) is 5.75 Å². The van der Waals surface area contributed by atoms with Gasteiger partial charge in [-0.3, -0.25) is 0 Å². The first-order valence-corrected chi connectivity index (χ1v) is 4.30. The number of nitrogens with two attached hydrogens (primary N) is 1. The van der Waals surface area contributed by atoms with Crippen LogP contribution in [0, 0.1) is 0 Å². The predicted molar refractivity (Wildman–Crippen MR) is 49.7 cm³/mol. The van der Waals surface area contributed by atoms with E-state index in [2.05, 4.69) is 4.98 Å². The molecule has 0 atom stereocenters. The lowest BCUT2D eigenvalue weighted by atomic mass is 10.2. The molecule has 0 saturated heterocycles. The maximum atomic E-state index is 12.5. The number of nitrogen functional groups attached to an aromatic ring is 1. The number of rotatable bonds is 3. The molecular formula is C8H9ClF2N2O. The molecule has 78 valence electrons. The van der Waals surface area contributed by atoms with Gasteiger partial charge in [0.15, 0.2) is 0 Å². The van der Waals surface area contributed by atoms with Crippen molar-refractivity contribution in [2.45, 2.75) is 12.3 Å². The second-order valence-corrected chi connectivity index (χ2v) is 2.81. The van der Waals surface area contributed by atoms with Crippen LogP contribution in [0.25, 0.3) is 0 Å². The largest absolute Gasteiger partial charge is 0.496 e. The summed E-state index contributed by atoms with van der Waals surface area (Å²) in [7, 11) is 1.29. The Morgan fingerprint density at radius 3 is 2.71 bits per heavy atom. The van der Waals surface area contributed by atoms with Crippen LogP contribution >= 0.6 is 11.6 Å². The third-order valence-corrected chi connectivity index (χ3v) is 2.03. The molecule has 0 aliphatic rings. The molecule has 2 N–H and O–H groups in total. The van der Waals surface area contributed by atoms with Crippen molar-refractivity contribution in [2.24, 2.45) is 0 Å². The van der Waals surface area contributed by atoms with E-state index in [1.165, 1.54) is 7.11 Å². The van der Waals surface area contributed by atoms with E-state index in [0.29, 0.717) is 5.56 Å². The minimum absolute atomic E-state index is 0.0113. The number of methoxy groups -OCH3 is 1. The van der Waals surface area contributed by atoms with Crippen molar-refractivity contribution in [3.8, 4) is 5.75 Å². The molecule has 1 rings (SSSR count). The van der Waals surface area contributed by atoms with Crippen LogP contribution in [0.2, 0.25) is 0 Å². The molecule has 1 heterocycles. The molecule has 0 radical (unpaired) electrons. The zero-order valence-corrected chi connectivity index (χ0v) is 8.18. The number of anilines is 1. The number of ether oxygens (including phenoxy) is 1. The molecule has 3 nitrogen and oxygen atoms in total. The number of aromatic nitrogens is 1. The molecule has 1 aromatic rings. The Balaban J connectivity index is 3.33. The highest BCUT2D eigenvalue weighted by molar-refractivity contribution is 6.17. The van der Waals surface area contributed by atoms with E-state index in [0.717, 1.165) is 6.20 Å². The second kappa shape index (κ2) is 4.41. The average molecular weight is 223 g/mol. The summed E-state index contributed by atoms with van der Waals surface area (Å²) in [5, 5.41) is 0. The predicted octanol–water partition coefficient (Wildman–Crippen LogP) is 2.35. The molecule has 0 fully saturated rings. The van der Waals surface area contributed by atoms with Crippen molar-refractivity contribution in [2.75, 3.05) is 12.8 Å². The number of hydrogen-bond acceptors (Lipinski definition) is 3. The maximum absolute atomic E-state index is 12.5. The van der Waals surface area contributed by atoms with Crippen molar-refractivity contribution in [1.82, 2.24) is 4.98 Å². The van der Waals surface area contributed by atoms with Crippen LogP contribution in [0.3, 0.4) is 0 Å². The Labute approximate surface area is 84.8 Å². The zero-order chi connectivity index (χ0) is 10.7. The van der Waals surface area contributed by atoms with Crippen molar-refractivity contribution in [3.63, 3.8) is 0 Å². The molecule has 14 heavy (non-hydrogen) atoms. The van der Waals surface area contributed by atoms with Gasteiger partial charge in [0.1, 0.15) is 11.6 Å². The fourth-order valence-corrected chi connectivity index (χ4v) is 1.35. The SMILES string of the molecule is COc1c(C(F)F)cnc(N)c1CCl. The summed E-state index contributed by atoms with van der Waals surface area (Å²) < 4.78 is 29.7. The van der Waals surface area contributed by atoms with Gasteiger partial charge in [0, 0.05) is 6.20 Å². The topological polar surface area (TPSA) is 48.1 Å². The smallest absolute Gasteiger partial charge is 0.268 e.